The fourth-order valence-electron chi connectivity index (χ4n) is 1.47. The molecule has 88 valence electrons. The van der Waals surface area contributed by atoms with Gasteiger partial charge in [-0.3, -0.25) is 4.79 Å². The van der Waals surface area contributed by atoms with Gasteiger partial charge >= 0.3 is 0 Å². The van der Waals surface area contributed by atoms with E-state index in [1.54, 1.807) is 0 Å². The minimum atomic E-state index is -0.0318. The van der Waals surface area contributed by atoms with Gasteiger partial charge in [-0.15, -0.1) is 5.10 Å². The van der Waals surface area contributed by atoms with Crippen molar-refractivity contribution in [1.82, 2.24) is 14.9 Å². The van der Waals surface area contributed by atoms with E-state index in [1.807, 2.05) is 13.8 Å². The third kappa shape index (κ3) is 2.27. The third-order valence-corrected chi connectivity index (χ3v) is 4.57. The van der Waals surface area contributed by atoms with Gasteiger partial charge in [0.25, 0.3) is 5.91 Å². The summed E-state index contributed by atoms with van der Waals surface area (Å²) in [6, 6.07) is 0. The Morgan fingerprint density at radius 3 is 2.81 bits per heavy atom. The first kappa shape index (κ1) is 12.0. The summed E-state index contributed by atoms with van der Waals surface area (Å²) in [7, 11) is 0. The Morgan fingerprint density at radius 2 is 2.31 bits per heavy atom. The lowest BCUT2D eigenvalue weighted by Gasteiger charge is -2.13. The van der Waals surface area contributed by atoms with Crippen molar-refractivity contribution in [3.8, 4) is 0 Å². The van der Waals surface area contributed by atoms with Crippen LogP contribution < -0.4 is 5.32 Å². The molecule has 0 spiro atoms. The van der Waals surface area contributed by atoms with Crippen LogP contribution >= 0.6 is 27.5 Å². The Bertz CT molecular complexity index is 401. The molecular weight excluding hydrogens is 290 g/mol. The van der Waals surface area contributed by atoms with E-state index in [2.05, 4.69) is 30.8 Å². The highest BCUT2D eigenvalue weighted by Gasteiger charge is 2.43. The van der Waals surface area contributed by atoms with Crippen LogP contribution in [0.4, 0.5) is 0 Å². The van der Waals surface area contributed by atoms with E-state index in [1.165, 1.54) is 11.5 Å². The minimum Gasteiger partial charge on any atom is -0.345 e. The molecule has 0 bridgehead atoms. The SMILES string of the molecule is CC(C)c1nnsc1C(=O)NC1(CBr)CC1. The second-order valence-electron chi connectivity index (χ2n) is 4.51. The zero-order chi connectivity index (χ0) is 11.8. The van der Waals surface area contributed by atoms with Crippen molar-refractivity contribution in [3.05, 3.63) is 10.6 Å². The van der Waals surface area contributed by atoms with E-state index in [0.717, 1.165) is 23.9 Å². The summed E-state index contributed by atoms with van der Waals surface area (Å²) in [6.45, 7) is 4.04. The quantitative estimate of drug-likeness (QED) is 0.869. The molecule has 0 aromatic carbocycles. The molecule has 0 saturated heterocycles. The molecule has 0 atom stereocenters. The number of amides is 1. The van der Waals surface area contributed by atoms with Crippen LogP contribution in [0.25, 0.3) is 0 Å². The number of hydrogen-bond donors (Lipinski definition) is 1. The van der Waals surface area contributed by atoms with Gasteiger partial charge in [0.2, 0.25) is 0 Å². The molecule has 16 heavy (non-hydrogen) atoms. The van der Waals surface area contributed by atoms with Gasteiger partial charge in [0, 0.05) is 5.33 Å². The van der Waals surface area contributed by atoms with Crippen molar-refractivity contribution in [3.63, 3.8) is 0 Å². The van der Waals surface area contributed by atoms with Crippen molar-refractivity contribution in [2.45, 2.75) is 38.1 Å². The summed E-state index contributed by atoms with van der Waals surface area (Å²) in [5.74, 6) is 0.203. The van der Waals surface area contributed by atoms with Crippen molar-refractivity contribution in [2.75, 3.05) is 5.33 Å². The Morgan fingerprint density at radius 1 is 1.62 bits per heavy atom. The predicted molar refractivity (Wildman–Crippen MR) is 67.2 cm³/mol. The molecule has 4 nitrogen and oxygen atoms in total. The van der Waals surface area contributed by atoms with Crippen molar-refractivity contribution in [2.24, 2.45) is 0 Å². The fraction of sp³-hybridized carbons (Fsp3) is 0.700. The van der Waals surface area contributed by atoms with Gasteiger partial charge in [-0.2, -0.15) is 0 Å². The van der Waals surface area contributed by atoms with Crippen LogP contribution in [0.3, 0.4) is 0 Å². The van der Waals surface area contributed by atoms with Crippen LogP contribution in [0.2, 0.25) is 0 Å². The molecule has 1 N–H and O–H groups in total. The number of carbonyl (C=O) groups is 1. The summed E-state index contributed by atoms with van der Waals surface area (Å²) >= 11 is 4.61. The second kappa shape index (κ2) is 4.41. The molecule has 1 heterocycles. The monoisotopic (exact) mass is 303 g/mol. The maximum absolute atomic E-state index is 12.0. The van der Waals surface area contributed by atoms with Gasteiger partial charge in [-0.05, 0) is 30.3 Å². The lowest BCUT2D eigenvalue weighted by Crippen LogP contribution is -2.38. The van der Waals surface area contributed by atoms with Gasteiger partial charge in [-0.25, -0.2) is 0 Å². The number of aromatic nitrogens is 2. The topological polar surface area (TPSA) is 54.9 Å². The van der Waals surface area contributed by atoms with E-state index >= 15 is 0 Å². The molecule has 1 amide bonds. The van der Waals surface area contributed by atoms with Gasteiger partial charge in [0.05, 0.1) is 11.2 Å². The van der Waals surface area contributed by atoms with E-state index in [0.29, 0.717) is 4.88 Å². The van der Waals surface area contributed by atoms with Crippen LogP contribution in [0.15, 0.2) is 0 Å². The maximum atomic E-state index is 12.0. The van der Waals surface area contributed by atoms with Crippen LogP contribution in [0, 0.1) is 0 Å². The number of rotatable bonds is 4. The molecule has 6 heteroatoms. The number of halogens is 1. The van der Waals surface area contributed by atoms with Crippen LogP contribution in [0.5, 0.6) is 0 Å². The fourth-order valence-corrected chi connectivity index (χ4v) is 2.89. The van der Waals surface area contributed by atoms with Crippen LogP contribution in [0.1, 0.15) is 48.0 Å². The van der Waals surface area contributed by atoms with E-state index < -0.39 is 0 Å². The average Bonchev–Trinajstić information content (AvgIpc) is 2.83. The molecule has 1 aromatic heterocycles. The highest BCUT2D eigenvalue weighted by atomic mass is 79.9. The predicted octanol–water partition coefficient (Wildman–Crippen LogP) is 2.32. The molecule has 0 unspecified atom stereocenters. The maximum Gasteiger partial charge on any atom is 0.265 e. The first-order valence-electron chi connectivity index (χ1n) is 5.29. The molecule has 1 aliphatic rings. The molecular formula is C10H14BrN3OS. The molecule has 1 fully saturated rings. The Labute approximate surface area is 107 Å². The van der Waals surface area contributed by atoms with Gasteiger partial charge in [0.15, 0.2) is 0 Å². The molecule has 1 aromatic rings. The highest BCUT2D eigenvalue weighted by molar-refractivity contribution is 9.09. The normalized spacial score (nSPS) is 17.5. The van der Waals surface area contributed by atoms with Gasteiger partial charge in [-0.1, -0.05) is 34.3 Å². The first-order chi connectivity index (χ1) is 7.58. The molecule has 1 saturated carbocycles. The second-order valence-corrected chi connectivity index (χ2v) is 5.82. The summed E-state index contributed by atoms with van der Waals surface area (Å²) in [4.78, 5) is 12.7. The number of carbonyl (C=O) groups excluding carboxylic acids is 1. The number of nitrogens with zero attached hydrogens (tertiary/aromatic N) is 2. The number of nitrogens with one attached hydrogen (secondary N) is 1. The lowest BCUT2D eigenvalue weighted by atomic mass is 10.1. The van der Waals surface area contributed by atoms with Crippen LogP contribution in [-0.2, 0) is 0 Å². The molecule has 0 radical (unpaired) electrons. The Hall–Kier alpha value is -0.490. The summed E-state index contributed by atoms with van der Waals surface area (Å²) < 4.78 is 3.86. The average molecular weight is 304 g/mol. The smallest absolute Gasteiger partial charge is 0.265 e. The van der Waals surface area contributed by atoms with Gasteiger partial charge < -0.3 is 5.32 Å². The molecule has 0 aliphatic heterocycles. The lowest BCUT2D eigenvalue weighted by molar-refractivity contribution is 0.0939. The molecule has 2 rings (SSSR count). The zero-order valence-electron chi connectivity index (χ0n) is 9.29. The van der Waals surface area contributed by atoms with Crippen molar-refractivity contribution in [1.29, 1.82) is 0 Å². The van der Waals surface area contributed by atoms with Crippen molar-refractivity contribution < 1.29 is 4.79 Å². The standard InChI is InChI=1S/C10H14BrN3OS/c1-6(2)7-8(16-14-13-7)9(15)12-10(5-11)3-4-10/h6H,3-5H2,1-2H3,(H,12,15). The van der Waals surface area contributed by atoms with E-state index in [-0.39, 0.29) is 17.4 Å². The third-order valence-electron chi connectivity index (χ3n) is 2.75. The largest absolute Gasteiger partial charge is 0.345 e. The minimum absolute atomic E-state index is 0.0185. The van der Waals surface area contributed by atoms with Crippen LogP contribution in [-0.4, -0.2) is 26.4 Å². The molecule has 1 aliphatic carbocycles. The van der Waals surface area contributed by atoms with Gasteiger partial charge in [0.1, 0.15) is 4.88 Å². The first-order valence-corrected chi connectivity index (χ1v) is 7.18. The summed E-state index contributed by atoms with van der Waals surface area (Å²) in [5, 5.41) is 7.88. The Balaban J connectivity index is 2.12. The van der Waals surface area contributed by atoms with Crippen molar-refractivity contribution >= 4 is 33.4 Å². The number of hydrogen-bond acceptors (Lipinski definition) is 4. The van der Waals surface area contributed by atoms with E-state index in [9.17, 15) is 4.79 Å². The van der Waals surface area contributed by atoms with E-state index in [4.69, 9.17) is 0 Å². The summed E-state index contributed by atoms with van der Waals surface area (Å²) in [5.41, 5.74) is 0.780. The summed E-state index contributed by atoms with van der Waals surface area (Å²) in [6.07, 6.45) is 2.10. The highest BCUT2D eigenvalue weighted by Crippen LogP contribution is 2.37. The zero-order valence-corrected chi connectivity index (χ0v) is 11.7. The number of alkyl halides is 1. The Kier molecular flexibility index (Phi) is 3.30.